The molecule has 2 aromatic carbocycles. The van der Waals surface area contributed by atoms with Crippen LogP contribution >= 0.6 is 0 Å². The molecular formula is C25H25N3O4. The van der Waals surface area contributed by atoms with E-state index in [-0.39, 0.29) is 16.9 Å². The van der Waals surface area contributed by atoms with Gasteiger partial charge >= 0.3 is 0 Å². The number of amides is 1. The zero-order valence-electron chi connectivity index (χ0n) is 18.0. The van der Waals surface area contributed by atoms with Gasteiger partial charge in [0, 0.05) is 24.3 Å². The summed E-state index contributed by atoms with van der Waals surface area (Å²) in [5, 5.41) is 23.4. The Labute approximate surface area is 186 Å². The van der Waals surface area contributed by atoms with E-state index in [4.69, 9.17) is 0 Å². The van der Waals surface area contributed by atoms with Gasteiger partial charge in [0.05, 0.1) is 17.2 Å². The van der Waals surface area contributed by atoms with Crippen molar-refractivity contribution in [1.29, 1.82) is 0 Å². The Balaban J connectivity index is 1.85. The van der Waals surface area contributed by atoms with Gasteiger partial charge in [0.1, 0.15) is 11.5 Å². The summed E-state index contributed by atoms with van der Waals surface area (Å²) in [6.45, 7) is 1.09. The van der Waals surface area contributed by atoms with Crippen LogP contribution in [0.15, 0.2) is 66.5 Å². The lowest BCUT2D eigenvalue weighted by Gasteiger charge is -2.25. The molecule has 1 aliphatic rings. The number of hydrogen-bond donors (Lipinski definition) is 2. The maximum atomic E-state index is 13.1. The molecule has 1 unspecified atom stereocenters. The third-order valence-corrected chi connectivity index (χ3v) is 5.70. The highest BCUT2D eigenvalue weighted by Crippen LogP contribution is 2.41. The minimum atomic E-state index is -0.781. The van der Waals surface area contributed by atoms with Crippen LogP contribution in [0.5, 0.6) is 5.75 Å². The average molecular weight is 431 g/mol. The summed E-state index contributed by atoms with van der Waals surface area (Å²) < 4.78 is 0. The topological polar surface area (TPSA) is 94.0 Å². The second-order valence-corrected chi connectivity index (χ2v) is 8.12. The van der Waals surface area contributed by atoms with Crippen molar-refractivity contribution in [2.75, 3.05) is 27.2 Å². The third-order valence-electron chi connectivity index (χ3n) is 5.70. The molecule has 2 heterocycles. The van der Waals surface area contributed by atoms with Gasteiger partial charge in [-0.3, -0.25) is 14.6 Å². The molecule has 1 aromatic heterocycles. The lowest BCUT2D eigenvalue weighted by Crippen LogP contribution is -2.32. The maximum Gasteiger partial charge on any atom is 0.295 e. The normalized spacial score (nSPS) is 18.1. The van der Waals surface area contributed by atoms with Crippen LogP contribution in [0.1, 0.15) is 23.6 Å². The number of phenols is 1. The summed E-state index contributed by atoms with van der Waals surface area (Å²) in [7, 11) is 3.88. The van der Waals surface area contributed by atoms with E-state index < -0.39 is 23.5 Å². The van der Waals surface area contributed by atoms with Gasteiger partial charge in [-0.25, -0.2) is 0 Å². The summed E-state index contributed by atoms with van der Waals surface area (Å²) in [4.78, 5) is 33.6. The van der Waals surface area contributed by atoms with E-state index in [2.05, 4.69) is 4.98 Å². The fourth-order valence-corrected chi connectivity index (χ4v) is 4.14. The van der Waals surface area contributed by atoms with Crippen molar-refractivity contribution in [1.82, 2.24) is 14.8 Å². The molecule has 0 radical (unpaired) electrons. The number of aliphatic hydroxyl groups is 1. The number of likely N-dealkylation sites (tertiary alicyclic amines) is 1. The number of ketones is 1. The molecule has 32 heavy (non-hydrogen) atoms. The molecule has 4 rings (SSSR count). The zero-order chi connectivity index (χ0) is 22.8. The molecule has 1 amide bonds. The monoisotopic (exact) mass is 431 g/mol. The predicted molar refractivity (Wildman–Crippen MR) is 122 cm³/mol. The standard InChI is InChI=1S/C25H25N3O4/c1-27(2)13-6-14-28-21(17-8-5-12-26-15-17)20(24(31)25(28)32)23(30)19-11-10-16-7-3-4-9-18(16)22(19)29/h3-5,7-12,15,21,29-30H,6,13-14H2,1-2H3/b23-20-. The van der Waals surface area contributed by atoms with Gasteiger partial charge in [0.25, 0.3) is 11.7 Å². The number of phenolic OH excluding ortho intramolecular Hbond substituents is 1. The van der Waals surface area contributed by atoms with Crippen LogP contribution in [0.3, 0.4) is 0 Å². The number of carbonyl (C=O) groups excluding carboxylic acids is 2. The van der Waals surface area contributed by atoms with E-state index in [9.17, 15) is 19.8 Å². The van der Waals surface area contributed by atoms with Crippen molar-refractivity contribution in [2.24, 2.45) is 0 Å². The number of pyridine rings is 1. The van der Waals surface area contributed by atoms with Crippen molar-refractivity contribution in [2.45, 2.75) is 12.5 Å². The average Bonchev–Trinajstić information content (AvgIpc) is 3.04. The number of aromatic hydroxyl groups is 1. The van der Waals surface area contributed by atoms with Crippen LogP contribution in [-0.2, 0) is 9.59 Å². The van der Waals surface area contributed by atoms with E-state index in [0.29, 0.717) is 23.9 Å². The first kappa shape index (κ1) is 21.5. The van der Waals surface area contributed by atoms with E-state index in [1.807, 2.05) is 31.1 Å². The number of aromatic nitrogens is 1. The first-order valence-electron chi connectivity index (χ1n) is 10.4. The van der Waals surface area contributed by atoms with E-state index in [1.165, 1.54) is 4.90 Å². The molecule has 3 aromatic rings. The fourth-order valence-electron chi connectivity index (χ4n) is 4.14. The summed E-state index contributed by atoms with van der Waals surface area (Å²) in [6.07, 6.45) is 3.86. The van der Waals surface area contributed by atoms with Crippen LogP contribution in [0.25, 0.3) is 16.5 Å². The van der Waals surface area contributed by atoms with Gasteiger partial charge < -0.3 is 20.0 Å². The Kier molecular flexibility index (Phi) is 5.92. The van der Waals surface area contributed by atoms with Crippen LogP contribution in [-0.4, -0.2) is 63.9 Å². The fraction of sp³-hybridized carbons (Fsp3) is 0.240. The highest BCUT2D eigenvalue weighted by Gasteiger charge is 2.46. The largest absolute Gasteiger partial charge is 0.507 e. The number of Topliss-reactive ketones (excluding diaryl/α,β-unsaturated/α-hetero) is 1. The van der Waals surface area contributed by atoms with Gasteiger partial charge in [-0.1, -0.05) is 36.4 Å². The molecule has 2 N–H and O–H groups in total. The van der Waals surface area contributed by atoms with Gasteiger partial charge in [-0.05, 0) is 50.1 Å². The molecule has 1 saturated heterocycles. The minimum absolute atomic E-state index is 0.0431. The Morgan fingerprint density at radius 3 is 2.59 bits per heavy atom. The molecule has 7 nitrogen and oxygen atoms in total. The molecule has 0 aliphatic carbocycles. The van der Waals surface area contributed by atoms with Crippen LogP contribution in [0.4, 0.5) is 0 Å². The minimum Gasteiger partial charge on any atom is -0.507 e. The van der Waals surface area contributed by atoms with Crippen LogP contribution in [0.2, 0.25) is 0 Å². The molecular weight excluding hydrogens is 406 g/mol. The summed E-state index contributed by atoms with van der Waals surface area (Å²) in [6, 6.07) is 13.3. The smallest absolute Gasteiger partial charge is 0.295 e. The number of benzene rings is 2. The highest BCUT2D eigenvalue weighted by atomic mass is 16.3. The van der Waals surface area contributed by atoms with Crippen LogP contribution < -0.4 is 0 Å². The Bertz CT molecular complexity index is 1200. The van der Waals surface area contributed by atoms with Gasteiger partial charge in [-0.2, -0.15) is 0 Å². The lowest BCUT2D eigenvalue weighted by molar-refractivity contribution is -0.139. The molecule has 0 saturated carbocycles. The summed E-state index contributed by atoms with van der Waals surface area (Å²) in [5.41, 5.74) is 0.695. The number of fused-ring (bicyclic) bond motifs is 1. The lowest BCUT2D eigenvalue weighted by atomic mass is 9.94. The van der Waals surface area contributed by atoms with E-state index in [1.54, 1.807) is 48.8 Å². The quantitative estimate of drug-likeness (QED) is 0.353. The SMILES string of the molecule is CN(C)CCCN1C(=O)C(=O)/C(=C(\O)c2ccc3ccccc3c2O)C1c1cccnc1. The number of carbonyl (C=O) groups is 2. The van der Waals surface area contributed by atoms with Crippen molar-refractivity contribution < 1.29 is 19.8 Å². The molecule has 7 heteroatoms. The summed E-state index contributed by atoms with van der Waals surface area (Å²) >= 11 is 0. The first-order valence-corrected chi connectivity index (χ1v) is 10.4. The van der Waals surface area contributed by atoms with Crippen molar-refractivity contribution in [3.05, 3.63) is 77.6 Å². The van der Waals surface area contributed by atoms with Gasteiger partial charge in [-0.15, -0.1) is 0 Å². The second kappa shape index (κ2) is 8.80. The first-order chi connectivity index (χ1) is 15.4. The van der Waals surface area contributed by atoms with E-state index >= 15 is 0 Å². The maximum absolute atomic E-state index is 13.1. The second-order valence-electron chi connectivity index (χ2n) is 8.12. The van der Waals surface area contributed by atoms with Crippen molar-refractivity contribution in [3.63, 3.8) is 0 Å². The molecule has 1 aliphatic heterocycles. The number of nitrogens with zero attached hydrogens (tertiary/aromatic N) is 3. The predicted octanol–water partition coefficient (Wildman–Crippen LogP) is 3.31. The zero-order valence-corrected chi connectivity index (χ0v) is 18.0. The van der Waals surface area contributed by atoms with E-state index in [0.717, 1.165) is 11.9 Å². The molecule has 1 atom stereocenters. The Morgan fingerprint density at radius 1 is 1.09 bits per heavy atom. The highest BCUT2D eigenvalue weighted by molar-refractivity contribution is 6.46. The number of hydrogen-bond acceptors (Lipinski definition) is 6. The molecule has 1 fully saturated rings. The Morgan fingerprint density at radius 2 is 1.88 bits per heavy atom. The summed E-state index contributed by atoms with van der Waals surface area (Å²) in [5.74, 6) is -1.96. The number of rotatable bonds is 6. The van der Waals surface area contributed by atoms with Crippen molar-refractivity contribution in [3.8, 4) is 5.75 Å². The number of aliphatic hydroxyl groups excluding tert-OH is 1. The van der Waals surface area contributed by atoms with Gasteiger partial charge in [0.15, 0.2) is 0 Å². The molecule has 164 valence electrons. The molecule has 0 spiro atoms. The van der Waals surface area contributed by atoms with Crippen LogP contribution in [0, 0.1) is 0 Å². The third kappa shape index (κ3) is 3.83. The molecule has 0 bridgehead atoms. The van der Waals surface area contributed by atoms with Gasteiger partial charge in [0.2, 0.25) is 0 Å². The van der Waals surface area contributed by atoms with Crippen molar-refractivity contribution >= 4 is 28.2 Å². The Hall–Kier alpha value is -3.71.